The van der Waals surface area contributed by atoms with E-state index in [1.165, 1.54) is 12.3 Å². The summed E-state index contributed by atoms with van der Waals surface area (Å²) >= 11 is 0. The molecule has 1 heterocycles. The molecular weight excluding hydrogens is 188 g/mol. The minimum Gasteiger partial charge on any atom is -0.480 e. The normalized spacial score (nSPS) is 8.36. The molecule has 6 nitrogen and oxygen atoms in total. The predicted octanol–water partition coefficient (Wildman–Crippen LogP) is -0.190. The standard InChI is InChI=1S/C6H5NO2.C2H5NO2/c8-6(9)5-3-1-2-4-7-5;3-1-2(4)5/h1-4H,(H,8,9);1,3H2,(H,4,5). The zero-order valence-electron chi connectivity index (χ0n) is 7.25. The summed E-state index contributed by atoms with van der Waals surface area (Å²) in [5, 5.41) is 15.9. The van der Waals surface area contributed by atoms with E-state index in [1.54, 1.807) is 12.1 Å². The van der Waals surface area contributed by atoms with Gasteiger partial charge in [0.15, 0.2) is 0 Å². The lowest BCUT2D eigenvalue weighted by Crippen LogP contribution is -2.10. The van der Waals surface area contributed by atoms with Crippen LogP contribution in [0.15, 0.2) is 24.4 Å². The van der Waals surface area contributed by atoms with Gasteiger partial charge in [-0.3, -0.25) is 4.79 Å². The number of carboxylic acid groups (broad SMARTS) is 2. The molecule has 0 spiro atoms. The molecule has 0 fully saturated rings. The molecule has 1 aromatic heterocycles. The van der Waals surface area contributed by atoms with E-state index in [2.05, 4.69) is 10.7 Å². The van der Waals surface area contributed by atoms with E-state index in [0.29, 0.717) is 0 Å². The first-order valence-corrected chi connectivity index (χ1v) is 3.64. The van der Waals surface area contributed by atoms with Crippen molar-refractivity contribution >= 4 is 11.9 Å². The molecule has 0 aliphatic carbocycles. The highest BCUT2D eigenvalue weighted by Gasteiger charge is 1.98. The fourth-order valence-corrected chi connectivity index (χ4v) is 0.489. The quantitative estimate of drug-likeness (QED) is 0.606. The van der Waals surface area contributed by atoms with Gasteiger partial charge in [0, 0.05) is 6.20 Å². The number of pyridine rings is 1. The van der Waals surface area contributed by atoms with Gasteiger partial charge in [-0.2, -0.15) is 0 Å². The van der Waals surface area contributed by atoms with E-state index in [1.807, 2.05) is 0 Å². The van der Waals surface area contributed by atoms with Gasteiger partial charge in [0.05, 0.1) is 6.54 Å². The maximum absolute atomic E-state index is 10.1. The van der Waals surface area contributed by atoms with Gasteiger partial charge in [-0.25, -0.2) is 9.78 Å². The first kappa shape index (κ1) is 12.0. The van der Waals surface area contributed by atoms with Crippen LogP contribution in [0.5, 0.6) is 0 Å². The minimum atomic E-state index is -0.990. The summed E-state index contributed by atoms with van der Waals surface area (Å²) in [5.41, 5.74) is 4.65. The van der Waals surface area contributed by atoms with E-state index < -0.39 is 11.9 Å². The smallest absolute Gasteiger partial charge is 0.354 e. The van der Waals surface area contributed by atoms with E-state index in [0.717, 1.165) is 0 Å². The van der Waals surface area contributed by atoms with Crippen molar-refractivity contribution in [2.24, 2.45) is 5.73 Å². The van der Waals surface area contributed by atoms with Gasteiger partial charge in [-0.15, -0.1) is 0 Å². The number of aromatic nitrogens is 1. The average Bonchev–Trinajstić information content (AvgIpc) is 2.20. The average molecular weight is 198 g/mol. The van der Waals surface area contributed by atoms with Gasteiger partial charge in [0.2, 0.25) is 0 Å². The molecule has 0 saturated heterocycles. The number of aromatic carboxylic acids is 1. The Bertz CT molecular complexity index is 299. The molecular formula is C8H10N2O4. The summed E-state index contributed by atoms with van der Waals surface area (Å²) in [6, 6.07) is 4.76. The van der Waals surface area contributed by atoms with Crippen LogP contribution in [-0.4, -0.2) is 33.7 Å². The molecule has 0 bridgehead atoms. The second-order valence-corrected chi connectivity index (χ2v) is 2.12. The molecule has 0 amide bonds. The number of carbonyl (C=O) groups is 2. The molecule has 6 heteroatoms. The summed E-state index contributed by atoms with van der Waals surface area (Å²) in [6.45, 7) is -0.278. The second-order valence-electron chi connectivity index (χ2n) is 2.12. The number of hydrogen-bond donors (Lipinski definition) is 3. The fourth-order valence-electron chi connectivity index (χ4n) is 0.489. The summed E-state index contributed by atoms with van der Waals surface area (Å²) in [5.74, 6) is -1.96. The third-order valence-corrected chi connectivity index (χ3v) is 1.06. The molecule has 14 heavy (non-hydrogen) atoms. The zero-order valence-corrected chi connectivity index (χ0v) is 7.25. The fraction of sp³-hybridized carbons (Fsp3) is 0.125. The van der Waals surface area contributed by atoms with Gasteiger partial charge in [0.1, 0.15) is 5.69 Å². The molecule has 1 rings (SSSR count). The highest BCUT2D eigenvalue weighted by Crippen LogP contribution is 1.90. The Hall–Kier alpha value is -1.95. The number of carboxylic acids is 2. The Morgan fingerprint density at radius 1 is 1.36 bits per heavy atom. The Morgan fingerprint density at radius 3 is 2.14 bits per heavy atom. The number of rotatable bonds is 2. The first-order chi connectivity index (χ1) is 6.57. The van der Waals surface area contributed by atoms with Crippen LogP contribution in [0.1, 0.15) is 10.5 Å². The number of aliphatic carboxylic acids is 1. The maximum atomic E-state index is 10.1. The van der Waals surface area contributed by atoms with E-state index in [-0.39, 0.29) is 12.2 Å². The van der Waals surface area contributed by atoms with Crippen LogP contribution in [0, 0.1) is 0 Å². The molecule has 0 aromatic carbocycles. The summed E-state index contributed by atoms with van der Waals surface area (Å²) < 4.78 is 0. The maximum Gasteiger partial charge on any atom is 0.354 e. The van der Waals surface area contributed by atoms with Crippen LogP contribution in [0.25, 0.3) is 0 Å². The largest absolute Gasteiger partial charge is 0.480 e. The number of nitrogens with zero attached hydrogens (tertiary/aromatic N) is 1. The van der Waals surface area contributed by atoms with Gasteiger partial charge in [0.25, 0.3) is 0 Å². The van der Waals surface area contributed by atoms with Gasteiger partial charge >= 0.3 is 11.9 Å². The van der Waals surface area contributed by atoms with Crippen molar-refractivity contribution in [1.82, 2.24) is 4.98 Å². The predicted molar refractivity (Wildman–Crippen MR) is 47.9 cm³/mol. The third kappa shape index (κ3) is 5.67. The van der Waals surface area contributed by atoms with Crippen LogP contribution in [0.4, 0.5) is 0 Å². The minimum absolute atomic E-state index is 0.0810. The van der Waals surface area contributed by atoms with E-state index >= 15 is 0 Å². The Morgan fingerprint density at radius 2 is 1.93 bits per heavy atom. The van der Waals surface area contributed by atoms with E-state index in [4.69, 9.17) is 10.2 Å². The summed E-state index contributed by atoms with van der Waals surface area (Å²) in [6.07, 6.45) is 1.45. The summed E-state index contributed by atoms with van der Waals surface area (Å²) in [4.78, 5) is 23.0. The monoisotopic (exact) mass is 198 g/mol. The topological polar surface area (TPSA) is 114 Å². The molecule has 0 saturated carbocycles. The molecule has 0 aliphatic heterocycles. The molecule has 4 N–H and O–H groups in total. The molecule has 0 unspecified atom stereocenters. The van der Waals surface area contributed by atoms with Crippen LogP contribution >= 0.6 is 0 Å². The van der Waals surface area contributed by atoms with Gasteiger partial charge < -0.3 is 15.9 Å². The lowest BCUT2D eigenvalue weighted by atomic mass is 10.4. The van der Waals surface area contributed by atoms with Crippen molar-refractivity contribution in [2.45, 2.75) is 0 Å². The zero-order chi connectivity index (χ0) is 11.0. The number of nitrogens with two attached hydrogens (primary N) is 1. The lowest BCUT2D eigenvalue weighted by Gasteiger charge is -1.87. The Balaban J connectivity index is 0.000000292. The molecule has 76 valence electrons. The molecule has 0 radical (unpaired) electrons. The van der Waals surface area contributed by atoms with Crippen molar-refractivity contribution in [3.8, 4) is 0 Å². The molecule has 0 aliphatic rings. The third-order valence-electron chi connectivity index (χ3n) is 1.06. The van der Waals surface area contributed by atoms with Crippen molar-refractivity contribution in [3.05, 3.63) is 30.1 Å². The van der Waals surface area contributed by atoms with Crippen molar-refractivity contribution < 1.29 is 19.8 Å². The van der Waals surface area contributed by atoms with Crippen molar-refractivity contribution in [2.75, 3.05) is 6.54 Å². The van der Waals surface area contributed by atoms with Crippen LogP contribution in [0.2, 0.25) is 0 Å². The second kappa shape index (κ2) is 6.55. The molecule has 0 atom stereocenters. The molecule has 1 aromatic rings. The van der Waals surface area contributed by atoms with Crippen molar-refractivity contribution in [1.29, 1.82) is 0 Å². The highest BCUT2D eigenvalue weighted by atomic mass is 16.4. The van der Waals surface area contributed by atoms with Crippen LogP contribution < -0.4 is 5.73 Å². The van der Waals surface area contributed by atoms with Crippen LogP contribution in [0.3, 0.4) is 0 Å². The highest BCUT2D eigenvalue weighted by molar-refractivity contribution is 5.85. The lowest BCUT2D eigenvalue weighted by molar-refractivity contribution is -0.135. The van der Waals surface area contributed by atoms with E-state index in [9.17, 15) is 9.59 Å². The van der Waals surface area contributed by atoms with Gasteiger partial charge in [-0.1, -0.05) is 6.07 Å². The number of hydrogen-bond acceptors (Lipinski definition) is 4. The van der Waals surface area contributed by atoms with Gasteiger partial charge in [-0.05, 0) is 12.1 Å². The Labute approximate surface area is 80.0 Å². The first-order valence-electron chi connectivity index (χ1n) is 3.64. The Kier molecular flexibility index (Phi) is 5.64. The SMILES string of the molecule is NCC(=O)O.O=C(O)c1ccccn1. The van der Waals surface area contributed by atoms with Crippen molar-refractivity contribution in [3.63, 3.8) is 0 Å². The summed E-state index contributed by atoms with van der Waals surface area (Å²) in [7, 11) is 0. The van der Waals surface area contributed by atoms with Crippen LogP contribution in [-0.2, 0) is 4.79 Å².